The van der Waals surface area contributed by atoms with Gasteiger partial charge in [-0.2, -0.15) is 0 Å². The lowest BCUT2D eigenvalue weighted by Gasteiger charge is -2.37. The molecule has 2 atom stereocenters. The zero-order valence-corrected chi connectivity index (χ0v) is 29.0. The number of nitrogen functional groups attached to an aromatic ring is 2. The van der Waals surface area contributed by atoms with Gasteiger partial charge in [0.2, 0.25) is 0 Å². The molecule has 46 heavy (non-hydrogen) atoms. The number of ether oxygens (including phenoxy) is 2. The summed E-state index contributed by atoms with van der Waals surface area (Å²) in [4.78, 5) is 45.0. The first-order chi connectivity index (χ1) is 21.1. The van der Waals surface area contributed by atoms with Gasteiger partial charge >= 0.3 is 12.2 Å². The third-order valence-electron chi connectivity index (χ3n) is 8.34. The van der Waals surface area contributed by atoms with Gasteiger partial charge in [-0.05, 0) is 76.9 Å². The van der Waals surface area contributed by atoms with Crippen molar-refractivity contribution in [2.45, 2.75) is 103 Å². The molecule has 0 fully saturated rings. The maximum absolute atomic E-state index is 15.1. The first-order valence-electron chi connectivity index (χ1n) is 15.9. The second-order valence-electron chi connectivity index (χ2n) is 15.8. The Morgan fingerprint density at radius 3 is 1.39 bits per heavy atom. The summed E-state index contributed by atoms with van der Waals surface area (Å²) in [5.74, 6) is -0.190. The van der Waals surface area contributed by atoms with Gasteiger partial charge in [0.25, 0.3) is 0 Å². The number of nitrogens with two attached hydrogens (primary N) is 2. The van der Waals surface area contributed by atoms with Crippen molar-refractivity contribution >= 4 is 40.7 Å². The van der Waals surface area contributed by atoms with Crippen LogP contribution >= 0.6 is 0 Å². The van der Waals surface area contributed by atoms with Crippen LogP contribution in [0.2, 0.25) is 0 Å². The number of benzene rings is 2. The molecule has 2 amide bonds. The number of carbonyl (C=O) groups excluding carboxylic acids is 3. The SMILES string of the molecule is CC(C)(C)OC(=O)NCC(C(=O)C(CNC(=O)OC(C)(C)C)N1CC(C)(C)c2ccc(N)cc21)N1CC(C)(C)c2ccc(N)cc21. The highest BCUT2D eigenvalue weighted by molar-refractivity contribution is 5.97. The normalized spacial score (nSPS) is 17.9. The van der Waals surface area contributed by atoms with Crippen molar-refractivity contribution in [3.8, 4) is 0 Å². The van der Waals surface area contributed by atoms with Gasteiger partial charge in [0.15, 0.2) is 5.78 Å². The molecule has 2 aliphatic rings. The first-order valence-corrected chi connectivity index (χ1v) is 15.9. The van der Waals surface area contributed by atoms with E-state index in [2.05, 4.69) is 38.3 Å². The van der Waals surface area contributed by atoms with Crippen LogP contribution in [0.25, 0.3) is 0 Å². The van der Waals surface area contributed by atoms with Crippen molar-refractivity contribution < 1.29 is 23.9 Å². The summed E-state index contributed by atoms with van der Waals surface area (Å²) in [6.07, 6.45) is -1.25. The number of carbonyl (C=O) groups is 3. The predicted octanol–water partition coefficient (Wildman–Crippen LogP) is 5.10. The van der Waals surface area contributed by atoms with Crippen LogP contribution in [-0.4, -0.2) is 67.4 Å². The van der Waals surface area contributed by atoms with E-state index in [9.17, 15) is 9.59 Å². The number of Topliss-reactive ketones (excluding diaryl/α,β-unsaturated/α-hetero) is 1. The zero-order chi connectivity index (χ0) is 34.4. The van der Waals surface area contributed by atoms with Gasteiger partial charge in [0.05, 0.1) is 0 Å². The number of nitrogens with zero attached hydrogens (tertiary/aromatic N) is 2. The molecule has 0 saturated carbocycles. The van der Waals surface area contributed by atoms with E-state index in [-0.39, 0.29) is 29.7 Å². The van der Waals surface area contributed by atoms with E-state index in [1.54, 1.807) is 41.5 Å². The number of amides is 2. The molecule has 2 aromatic carbocycles. The predicted molar refractivity (Wildman–Crippen MR) is 184 cm³/mol. The van der Waals surface area contributed by atoms with Crippen LogP contribution in [0, 0.1) is 0 Å². The largest absolute Gasteiger partial charge is 0.444 e. The molecule has 2 unspecified atom stereocenters. The monoisotopic (exact) mass is 636 g/mol. The summed E-state index contributed by atoms with van der Waals surface area (Å²) in [5.41, 5.74) is 15.4. The number of hydrogen-bond acceptors (Lipinski definition) is 9. The summed E-state index contributed by atoms with van der Waals surface area (Å²) in [7, 11) is 0. The molecule has 4 rings (SSSR count). The fourth-order valence-corrected chi connectivity index (χ4v) is 6.40. The Morgan fingerprint density at radius 2 is 1.07 bits per heavy atom. The standard InChI is InChI=1S/C35H52N6O5/c1-32(2,3)45-30(43)38-17-27(40-19-34(7,8)23-13-11-21(36)15-25(23)40)29(42)28(18-39-31(44)46-33(4,5)6)41-20-35(9,10)24-14-12-22(37)16-26(24)41/h11-16,27-28H,17-20,36-37H2,1-10H3,(H,38,43)(H,39,44). The summed E-state index contributed by atoms with van der Waals surface area (Å²) in [6.45, 7) is 20.2. The second kappa shape index (κ2) is 12.2. The molecule has 2 aromatic rings. The fraction of sp³-hybridized carbons (Fsp3) is 0.571. The van der Waals surface area contributed by atoms with E-state index in [4.69, 9.17) is 20.9 Å². The van der Waals surface area contributed by atoms with Gasteiger partial charge in [-0.25, -0.2) is 9.59 Å². The van der Waals surface area contributed by atoms with Crippen LogP contribution < -0.4 is 31.9 Å². The molecule has 0 bridgehead atoms. The molecule has 11 heteroatoms. The number of fused-ring (bicyclic) bond motifs is 2. The van der Waals surface area contributed by atoms with Gasteiger partial charge in [-0.15, -0.1) is 0 Å². The Labute approximate surface area is 273 Å². The Hall–Kier alpha value is -4.15. The van der Waals surface area contributed by atoms with Crippen molar-refractivity contribution in [3.63, 3.8) is 0 Å². The van der Waals surface area contributed by atoms with Gasteiger partial charge in [0, 0.05) is 59.8 Å². The number of ketones is 1. The van der Waals surface area contributed by atoms with Gasteiger partial charge < -0.3 is 41.4 Å². The van der Waals surface area contributed by atoms with Crippen LogP contribution in [0.15, 0.2) is 36.4 Å². The van der Waals surface area contributed by atoms with Crippen molar-refractivity contribution in [2.24, 2.45) is 0 Å². The lowest BCUT2D eigenvalue weighted by atomic mass is 9.87. The van der Waals surface area contributed by atoms with Crippen LogP contribution in [0.1, 0.15) is 80.4 Å². The first kappa shape index (κ1) is 34.7. The molecule has 2 heterocycles. The third kappa shape index (κ3) is 7.79. The van der Waals surface area contributed by atoms with Crippen molar-refractivity contribution in [3.05, 3.63) is 47.5 Å². The van der Waals surface area contributed by atoms with Crippen LogP contribution in [0.5, 0.6) is 0 Å². The molecule has 0 aliphatic carbocycles. The van der Waals surface area contributed by atoms with E-state index in [1.807, 2.05) is 46.2 Å². The smallest absolute Gasteiger partial charge is 0.407 e. The maximum Gasteiger partial charge on any atom is 0.407 e. The van der Waals surface area contributed by atoms with Gasteiger partial charge in [-0.1, -0.05) is 39.8 Å². The average Bonchev–Trinajstić information content (AvgIpc) is 3.30. The molecule has 0 aromatic heterocycles. The summed E-state index contributed by atoms with van der Waals surface area (Å²) >= 11 is 0. The van der Waals surface area contributed by atoms with Crippen molar-refractivity contribution in [1.29, 1.82) is 0 Å². The second-order valence-corrected chi connectivity index (χ2v) is 15.8. The summed E-state index contributed by atoms with van der Waals surface area (Å²) < 4.78 is 11.1. The van der Waals surface area contributed by atoms with E-state index >= 15 is 4.79 Å². The lowest BCUT2D eigenvalue weighted by Crippen LogP contribution is -2.59. The Balaban J connectivity index is 1.78. The molecule has 0 spiro atoms. The molecule has 252 valence electrons. The highest BCUT2D eigenvalue weighted by atomic mass is 16.6. The van der Waals surface area contributed by atoms with E-state index in [0.717, 1.165) is 22.5 Å². The van der Waals surface area contributed by atoms with E-state index in [1.165, 1.54) is 0 Å². The topological polar surface area (TPSA) is 152 Å². The van der Waals surface area contributed by atoms with Gasteiger partial charge in [0.1, 0.15) is 23.3 Å². The molecular weight excluding hydrogens is 584 g/mol. The number of hydrogen-bond donors (Lipinski definition) is 4. The Morgan fingerprint density at radius 1 is 0.717 bits per heavy atom. The zero-order valence-electron chi connectivity index (χ0n) is 29.0. The van der Waals surface area contributed by atoms with Crippen molar-refractivity contribution in [1.82, 2.24) is 10.6 Å². The van der Waals surface area contributed by atoms with Crippen LogP contribution in [0.3, 0.4) is 0 Å². The minimum Gasteiger partial charge on any atom is -0.444 e. The van der Waals surface area contributed by atoms with E-state index < -0.39 is 35.5 Å². The minimum absolute atomic E-state index is 0.0258. The molecular formula is C35H52N6O5. The average molecular weight is 637 g/mol. The number of rotatable bonds is 8. The molecule has 11 nitrogen and oxygen atoms in total. The third-order valence-corrected chi connectivity index (χ3v) is 8.34. The van der Waals surface area contributed by atoms with Crippen LogP contribution in [0.4, 0.5) is 32.3 Å². The molecule has 2 aliphatic heterocycles. The van der Waals surface area contributed by atoms with Crippen LogP contribution in [-0.2, 0) is 25.1 Å². The summed E-state index contributed by atoms with van der Waals surface area (Å²) in [6, 6.07) is 9.82. The Bertz CT molecular complexity index is 1380. The maximum atomic E-state index is 15.1. The highest BCUT2D eigenvalue weighted by Crippen LogP contribution is 2.45. The number of anilines is 4. The van der Waals surface area contributed by atoms with Gasteiger partial charge in [-0.3, -0.25) is 4.79 Å². The summed E-state index contributed by atoms with van der Waals surface area (Å²) in [5, 5.41) is 5.70. The van der Waals surface area contributed by atoms with E-state index in [0.29, 0.717) is 24.5 Å². The Kier molecular flexibility index (Phi) is 9.23. The minimum atomic E-state index is -0.825. The number of alkyl carbamates (subject to hydrolysis) is 2. The fourth-order valence-electron chi connectivity index (χ4n) is 6.40. The molecule has 6 N–H and O–H groups in total. The quantitative estimate of drug-likeness (QED) is 0.290. The number of nitrogens with one attached hydrogen (secondary N) is 2. The van der Waals surface area contributed by atoms with Crippen molar-refractivity contribution in [2.75, 3.05) is 47.4 Å². The molecule has 0 saturated heterocycles. The lowest BCUT2D eigenvalue weighted by molar-refractivity contribution is -0.121. The molecule has 0 radical (unpaired) electrons. The highest BCUT2D eigenvalue weighted by Gasteiger charge is 2.46.